The Bertz CT molecular complexity index is 250. The highest BCUT2D eigenvalue weighted by molar-refractivity contribution is 4.98. The molecule has 1 nitrogen and oxygen atoms in total. The predicted octanol–water partition coefficient (Wildman–Crippen LogP) is 5.71. The van der Waals surface area contributed by atoms with Gasteiger partial charge in [-0.1, -0.05) is 65.0 Å². The molecule has 20 heavy (non-hydrogen) atoms. The van der Waals surface area contributed by atoms with Crippen LogP contribution in [0.1, 0.15) is 85.0 Å². The molecule has 0 bridgehead atoms. The quantitative estimate of drug-likeness (QED) is 0.505. The molecule has 0 heterocycles. The van der Waals surface area contributed by atoms with E-state index in [1.165, 1.54) is 63.4 Å². The average Bonchev–Trinajstić information content (AvgIpc) is 2.49. The molecule has 1 aliphatic rings. The van der Waals surface area contributed by atoms with Crippen LogP contribution in [0.3, 0.4) is 0 Å². The first-order chi connectivity index (χ1) is 9.71. The zero-order valence-electron chi connectivity index (χ0n) is 14.2. The minimum absolute atomic E-state index is 0.689. The Hall–Kier alpha value is -0.300. The molecule has 1 N–H and O–H groups in total. The van der Waals surface area contributed by atoms with Crippen LogP contribution in [-0.2, 0) is 0 Å². The molecule has 0 radical (unpaired) electrons. The van der Waals surface area contributed by atoms with Crippen molar-refractivity contribution in [3.05, 3.63) is 12.2 Å². The second kappa shape index (κ2) is 10.4. The molecule has 1 heteroatoms. The summed E-state index contributed by atoms with van der Waals surface area (Å²) >= 11 is 0. The lowest BCUT2D eigenvalue weighted by atomic mass is 9.75. The third kappa shape index (κ3) is 6.43. The van der Waals surface area contributed by atoms with Crippen molar-refractivity contribution < 1.29 is 0 Å². The third-order valence-corrected chi connectivity index (χ3v) is 5.09. The summed E-state index contributed by atoms with van der Waals surface area (Å²) in [6.45, 7) is 12.2. The van der Waals surface area contributed by atoms with Gasteiger partial charge in [-0.25, -0.2) is 0 Å². The van der Waals surface area contributed by atoms with Crippen molar-refractivity contribution in [1.82, 2.24) is 5.32 Å². The fourth-order valence-corrected chi connectivity index (χ4v) is 3.56. The van der Waals surface area contributed by atoms with Crippen LogP contribution in [0.25, 0.3) is 0 Å². The summed E-state index contributed by atoms with van der Waals surface area (Å²) in [5.74, 6) is 1.91. The van der Waals surface area contributed by atoms with E-state index in [1.807, 2.05) is 0 Å². The number of nitrogens with one attached hydrogen (secondary N) is 1. The standard InChI is InChI=1S/C19H37N/c1-5-8-9-17-10-12-18(13-11-17)19(20-14-6-2)15-16(4)7-3/h17-20H,4-15H2,1-3H3. The summed E-state index contributed by atoms with van der Waals surface area (Å²) < 4.78 is 0. The molecule has 118 valence electrons. The van der Waals surface area contributed by atoms with Crippen LogP contribution < -0.4 is 5.32 Å². The molecule has 1 aliphatic carbocycles. The van der Waals surface area contributed by atoms with Crippen molar-refractivity contribution in [3.8, 4) is 0 Å². The number of unbranched alkanes of at least 4 members (excludes halogenated alkanes) is 1. The second-order valence-electron chi connectivity index (χ2n) is 6.79. The molecular weight excluding hydrogens is 242 g/mol. The number of rotatable bonds is 10. The normalized spacial score (nSPS) is 24.6. The van der Waals surface area contributed by atoms with E-state index in [0.29, 0.717) is 6.04 Å². The number of hydrogen-bond acceptors (Lipinski definition) is 1. The van der Waals surface area contributed by atoms with E-state index in [0.717, 1.165) is 24.8 Å². The fraction of sp³-hybridized carbons (Fsp3) is 0.895. The average molecular weight is 280 g/mol. The van der Waals surface area contributed by atoms with Crippen molar-refractivity contribution in [2.75, 3.05) is 6.54 Å². The molecule has 0 saturated heterocycles. The van der Waals surface area contributed by atoms with Crippen LogP contribution in [0.4, 0.5) is 0 Å². The largest absolute Gasteiger partial charge is 0.313 e. The van der Waals surface area contributed by atoms with E-state index in [-0.39, 0.29) is 0 Å². The molecule has 0 aliphatic heterocycles. The Labute approximate surface area is 127 Å². The molecule has 1 saturated carbocycles. The summed E-state index contributed by atoms with van der Waals surface area (Å²) in [7, 11) is 0. The molecule has 1 atom stereocenters. The lowest BCUT2D eigenvalue weighted by Gasteiger charge is -2.35. The van der Waals surface area contributed by atoms with Crippen molar-refractivity contribution in [2.24, 2.45) is 11.8 Å². The molecule has 0 aromatic heterocycles. The van der Waals surface area contributed by atoms with E-state index in [4.69, 9.17) is 0 Å². The highest BCUT2D eigenvalue weighted by Gasteiger charge is 2.27. The maximum Gasteiger partial charge on any atom is 0.0132 e. The Morgan fingerprint density at radius 3 is 2.35 bits per heavy atom. The van der Waals surface area contributed by atoms with Gasteiger partial charge in [-0.2, -0.15) is 0 Å². The van der Waals surface area contributed by atoms with E-state index in [9.17, 15) is 0 Å². The van der Waals surface area contributed by atoms with Gasteiger partial charge in [0.1, 0.15) is 0 Å². The Morgan fingerprint density at radius 2 is 1.80 bits per heavy atom. The van der Waals surface area contributed by atoms with Crippen LogP contribution in [0, 0.1) is 11.8 Å². The van der Waals surface area contributed by atoms with Crippen LogP contribution >= 0.6 is 0 Å². The first-order valence-electron chi connectivity index (χ1n) is 9.11. The summed E-state index contributed by atoms with van der Waals surface area (Å²) in [6.07, 6.45) is 13.6. The van der Waals surface area contributed by atoms with Gasteiger partial charge in [-0.3, -0.25) is 0 Å². The molecule has 0 amide bonds. The molecule has 0 spiro atoms. The zero-order chi connectivity index (χ0) is 14.8. The Balaban J connectivity index is 2.40. The third-order valence-electron chi connectivity index (χ3n) is 5.09. The minimum atomic E-state index is 0.689. The maximum atomic E-state index is 4.23. The lowest BCUT2D eigenvalue weighted by molar-refractivity contribution is 0.210. The van der Waals surface area contributed by atoms with E-state index >= 15 is 0 Å². The van der Waals surface area contributed by atoms with Gasteiger partial charge in [0.05, 0.1) is 0 Å². The van der Waals surface area contributed by atoms with Crippen LogP contribution in [0.15, 0.2) is 12.2 Å². The predicted molar refractivity (Wildman–Crippen MR) is 91.1 cm³/mol. The highest BCUT2D eigenvalue weighted by atomic mass is 14.9. The van der Waals surface area contributed by atoms with Crippen LogP contribution in [0.2, 0.25) is 0 Å². The van der Waals surface area contributed by atoms with Crippen molar-refractivity contribution in [2.45, 2.75) is 91.0 Å². The lowest BCUT2D eigenvalue weighted by Crippen LogP contribution is -2.38. The molecular formula is C19H37N. The second-order valence-corrected chi connectivity index (χ2v) is 6.79. The first-order valence-corrected chi connectivity index (χ1v) is 9.11. The topological polar surface area (TPSA) is 12.0 Å². The van der Waals surface area contributed by atoms with Gasteiger partial charge in [0.2, 0.25) is 0 Å². The van der Waals surface area contributed by atoms with Gasteiger partial charge in [-0.05, 0) is 50.5 Å². The summed E-state index contributed by atoms with van der Waals surface area (Å²) in [6, 6.07) is 0.689. The van der Waals surface area contributed by atoms with E-state index in [2.05, 4.69) is 32.7 Å². The van der Waals surface area contributed by atoms with Crippen molar-refractivity contribution in [1.29, 1.82) is 0 Å². The van der Waals surface area contributed by atoms with Crippen molar-refractivity contribution in [3.63, 3.8) is 0 Å². The van der Waals surface area contributed by atoms with Gasteiger partial charge in [0.25, 0.3) is 0 Å². The van der Waals surface area contributed by atoms with Gasteiger partial charge in [0.15, 0.2) is 0 Å². The fourth-order valence-electron chi connectivity index (χ4n) is 3.56. The monoisotopic (exact) mass is 279 g/mol. The Kier molecular flexibility index (Phi) is 9.26. The molecule has 1 unspecified atom stereocenters. The minimum Gasteiger partial charge on any atom is -0.313 e. The highest BCUT2D eigenvalue weighted by Crippen LogP contribution is 2.35. The van der Waals surface area contributed by atoms with E-state index < -0.39 is 0 Å². The maximum absolute atomic E-state index is 4.23. The zero-order valence-corrected chi connectivity index (χ0v) is 14.2. The van der Waals surface area contributed by atoms with Crippen LogP contribution in [0.5, 0.6) is 0 Å². The van der Waals surface area contributed by atoms with Gasteiger partial charge in [-0.15, -0.1) is 0 Å². The summed E-state index contributed by atoms with van der Waals surface area (Å²) in [5, 5.41) is 3.80. The Morgan fingerprint density at radius 1 is 1.10 bits per heavy atom. The molecule has 0 aromatic rings. The molecule has 0 aromatic carbocycles. The van der Waals surface area contributed by atoms with Gasteiger partial charge in [0, 0.05) is 6.04 Å². The molecule has 1 rings (SSSR count). The summed E-state index contributed by atoms with van der Waals surface area (Å²) in [5.41, 5.74) is 1.42. The van der Waals surface area contributed by atoms with Crippen LogP contribution in [-0.4, -0.2) is 12.6 Å². The SMILES string of the molecule is C=C(CC)CC(NCCC)C1CCC(CCCC)CC1. The van der Waals surface area contributed by atoms with Crippen molar-refractivity contribution >= 4 is 0 Å². The first kappa shape index (κ1) is 17.8. The smallest absolute Gasteiger partial charge is 0.0132 e. The van der Waals surface area contributed by atoms with Gasteiger partial charge < -0.3 is 5.32 Å². The van der Waals surface area contributed by atoms with E-state index in [1.54, 1.807) is 0 Å². The summed E-state index contributed by atoms with van der Waals surface area (Å²) in [4.78, 5) is 0. The van der Waals surface area contributed by atoms with Gasteiger partial charge >= 0.3 is 0 Å². The molecule has 1 fully saturated rings. The number of hydrogen-bond donors (Lipinski definition) is 1.